The van der Waals surface area contributed by atoms with Crippen molar-refractivity contribution >= 4 is 23.1 Å². The molecule has 0 atom stereocenters. The van der Waals surface area contributed by atoms with Crippen LogP contribution in [0.5, 0.6) is 5.75 Å². The molecular formula is C14H24N2O2S. The third kappa shape index (κ3) is 6.07. The van der Waals surface area contributed by atoms with Gasteiger partial charge in [0.2, 0.25) is 0 Å². The van der Waals surface area contributed by atoms with Gasteiger partial charge in [0.25, 0.3) is 0 Å². The quantitative estimate of drug-likeness (QED) is 0.455. The van der Waals surface area contributed by atoms with E-state index in [4.69, 9.17) is 15.6 Å². The highest BCUT2D eigenvalue weighted by Crippen LogP contribution is 2.29. The summed E-state index contributed by atoms with van der Waals surface area (Å²) in [6, 6.07) is 5.81. The van der Waals surface area contributed by atoms with Crippen molar-refractivity contribution in [2.24, 2.45) is 0 Å². The second-order valence-corrected chi connectivity index (χ2v) is 5.41. The number of thioether (sulfide) groups is 1. The lowest BCUT2D eigenvalue weighted by Crippen LogP contribution is -2.08. The van der Waals surface area contributed by atoms with E-state index in [2.05, 4.69) is 12.2 Å². The van der Waals surface area contributed by atoms with E-state index < -0.39 is 0 Å². The van der Waals surface area contributed by atoms with Gasteiger partial charge in [0, 0.05) is 18.9 Å². The van der Waals surface area contributed by atoms with E-state index in [1.807, 2.05) is 30.0 Å². The zero-order valence-electron chi connectivity index (χ0n) is 11.5. The van der Waals surface area contributed by atoms with Crippen LogP contribution in [0.3, 0.4) is 0 Å². The van der Waals surface area contributed by atoms with E-state index in [9.17, 15) is 0 Å². The Balaban J connectivity index is 2.36. The molecule has 0 unspecified atom stereocenters. The molecule has 4 N–H and O–H groups in total. The normalized spacial score (nSPS) is 10.4. The lowest BCUT2D eigenvalue weighted by molar-refractivity contribution is 0.296. The van der Waals surface area contributed by atoms with Crippen LogP contribution in [0.2, 0.25) is 0 Å². The molecule has 0 aliphatic rings. The molecule has 0 amide bonds. The van der Waals surface area contributed by atoms with Gasteiger partial charge >= 0.3 is 0 Å². The predicted molar refractivity (Wildman–Crippen MR) is 84.2 cm³/mol. The Labute approximate surface area is 119 Å². The Kier molecular flexibility index (Phi) is 8.25. The van der Waals surface area contributed by atoms with Crippen molar-refractivity contribution in [3.8, 4) is 5.75 Å². The summed E-state index contributed by atoms with van der Waals surface area (Å²) in [5.41, 5.74) is 7.66. The zero-order chi connectivity index (χ0) is 13.9. The molecule has 1 aromatic rings. The summed E-state index contributed by atoms with van der Waals surface area (Å²) >= 11 is 1.83. The minimum Gasteiger partial charge on any atom is -0.491 e. The number of aliphatic hydroxyl groups excluding tert-OH is 1. The van der Waals surface area contributed by atoms with Crippen molar-refractivity contribution < 1.29 is 9.84 Å². The van der Waals surface area contributed by atoms with E-state index in [1.54, 1.807) is 0 Å². The Bertz CT molecular complexity index is 361. The lowest BCUT2D eigenvalue weighted by atomic mass is 10.2. The molecule has 0 saturated heterocycles. The van der Waals surface area contributed by atoms with E-state index in [-0.39, 0.29) is 6.61 Å². The first-order valence-electron chi connectivity index (χ1n) is 6.73. The highest BCUT2D eigenvalue weighted by Gasteiger charge is 2.05. The van der Waals surface area contributed by atoms with Crippen LogP contribution in [0.4, 0.5) is 11.4 Å². The molecule has 108 valence electrons. The number of nitrogens with one attached hydrogen (secondary N) is 1. The van der Waals surface area contributed by atoms with Crippen LogP contribution in [-0.4, -0.2) is 36.4 Å². The van der Waals surface area contributed by atoms with Crippen molar-refractivity contribution in [1.82, 2.24) is 0 Å². The number of nitrogen functional groups attached to an aromatic ring is 1. The first-order valence-corrected chi connectivity index (χ1v) is 7.88. The van der Waals surface area contributed by atoms with Gasteiger partial charge in [-0.25, -0.2) is 0 Å². The van der Waals surface area contributed by atoms with Crippen LogP contribution in [-0.2, 0) is 0 Å². The number of aliphatic hydroxyl groups is 1. The highest BCUT2D eigenvalue weighted by molar-refractivity contribution is 7.99. The molecule has 5 heteroatoms. The van der Waals surface area contributed by atoms with Gasteiger partial charge in [-0.2, -0.15) is 11.8 Å². The van der Waals surface area contributed by atoms with Gasteiger partial charge in [0.1, 0.15) is 5.75 Å². The van der Waals surface area contributed by atoms with Crippen molar-refractivity contribution in [3.63, 3.8) is 0 Å². The van der Waals surface area contributed by atoms with Crippen LogP contribution in [0, 0.1) is 0 Å². The van der Waals surface area contributed by atoms with Crippen molar-refractivity contribution in [3.05, 3.63) is 18.2 Å². The fraction of sp³-hybridized carbons (Fsp3) is 0.571. The van der Waals surface area contributed by atoms with Crippen LogP contribution in [0.1, 0.15) is 19.8 Å². The van der Waals surface area contributed by atoms with E-state index in [1.165, 1.54) is 0 Å². The van der Waals surface area contributed by atoms with Crippen LogP contribution >= 0.6 is 11.8 Å². The summed E-state index contributed by atoms with van der Waals surface area (Å²) in [5.74, 6) is 2.74. The Morgan fingerprint density at radius 2 is 2.21 bits per heavy atom. The molecule has 0 spiro atoms. The minimum absolute atomic E-state index is 0.268. The van der Waals surface area contributed by atoms with Crippen molar-refractivity contribution in [2.75, 3.05) is 42.3 Å². The molecule has 0 aromatic heterocycles. The third-order valence-electron chi connectivity index (χ3n) is 2.54. The van der Waals surface area contributed by atoms with Gasteiger partial charge in [-0.15, -0.1) is 0 Å². The average molecular weight is 284 g/mol. The van der Waals surface area contributed by atoms with Gasteiger partial charge in [0.05, 0.1) is 18.0 Å². The number of hydrogen-bond donors (Lipinski definition) is 3. The third-order valence-corrected chi connectivity index (χ3v) is 3.61. The summed E-state index contributed by atoms with van der Waals surface area (Å²) < 4.78 is 5.59. The van der Waals surface area contributed by atoms with Crippen LogP contribution in [0.25, 0.3) is 0 Å². The summed E-state index contributed by atoms with van der Waals surface area (Å²) in [7, 11) is 0. The van der Waals surface area contributed by atoms with Gasteiger partial charge in [-0.05, 0) is 30.7 Å². The number of ether oxygens (including phenoxy) is 1. The van der Waals surface area contributed by atoms with E-state index >= 15 is 0 Å². The topological polar surface area (TPSA) is 67.5 Å². The van der Waals surface area contributed by atoms with Crippen LogP contribution < -0.4 is 15.8 Å². The molecule has 0 aliphatic carbocycles. The number of rotatable bonds is 10. The highest BCUT2D eigenvalue weighted by atomic mass is 32.2. The van der Waals surface area contributed by atoms with Crippen LogP contribution in [0.15, 0.2) is 18.2 Å². The van der Waals surface area contributed by atoms with Gasteiger partial charge in [-0.3, -0.25) is 0 Å². The standard InChI is InChI=1S/C14H24N2O2S/c1-2-9-18-13-6-3-5-12(14(13)15)16-7-11-19-10-4-8-17/h3,5-6,16-17H,2,4,7-11,15H2,1H3. The molecule has 0 fully saturated rings. The van der Waals surface area contributed by atoms with Crippen molar-refractivity contribution in [1.29, 1.82) is 0 Å². The van der Waals surface area contributed by atoms with E-state index in [0.717, 1.165) is 42.3 Å². The number of hydrogen-bond acceptors (Lipinski definition) is 5. The molecule has 4 nitrogen and oxygen atoms in total. The smallest absolute Gasteiger partial charge is 0.144 e. The van der Waals surface area contributed by atoms with E-state index in [0.29, 0.717) is 12.3 Å². The number of nitrogens with two attached hydrogens (primary N) is 1. The molecule has 0 heterocycles. The van der Waals surface area contributed by atoms with Gasteiger partial charge < -0.3 is 20.9 Å². The minimum atomic E-state index is 0.268. The Morgan fingerprint density at radius 1 is 1.37 bits per heavy atom. The molecule has 0 bridgehead atoms. The number of para-hydroxylation sites is 1. The summed E-state index contributed by atoms with van der Waals surface area (Å²) in [5, 5.41) is 12.0. The molecule has 0 radical (unpaired) electrons. The fourth-order valence-corrected chi connectivity index (χ4v) is 2.35. The molecule has 0 saturated carbocycles. The summed E-state index contributed by atoms with van der Waals surface area (Å²) in [4.78, 5) is 0. The Morgan fingerprint density at radius 3 is 2.95 bits per heavy atom. The maximum Gasteiger partial charge on any atom is 0.144 e. The molecule has 19 heavy (non-hydrogen) atoms. The SMILES string of the molecule is CCCOc1cccc(NCCSCCCO)c1N. The average Bonchev–Trinajstić information content (AvgIpc) is 2.43. The molecule has 1 aromatic carbocycles. The molecule has 0 aliphatic heterocycles. The second kappa shape index (κ2) is 9.81. The maximum atomic E-state index is 8.68. The largest absolute Gasteiger partial charge is 0.491 e. The first kappa shape index (κ1) is 16.0. The van der Waals surface area contributed by atoms with Gasteiger partial charge in [-0.1, -0.05) is 13.0 Å². The summed E-state index contributed by atoms with van der Waals surface area (Å²) in [6.45, 7) is 3.88. The number of benzene rings is 1. The monoisotopic (exact) mass is 284 g/mol. The second-order valence-electron chi connectivity index (χ2n) is 4.18. The van der Waals surface area contributed by atoms with Crippen molar-refractivity contribution in [2.45, 2.75) is 19.8 Å². The zero-order valence-corrected chi connectivity index (χ0v) is 12.3. The fourth-order valence-electron chi connectivity index (χ4n) is 1.56. The number of anilines is 2. The molecular weight excluding hydrogens is 260 g/mol. The van der Waals surface area contributed by atoms with Gasteiger partial charge in [0.15, 0.2) is 0 Å². The molecule has 1 rings (SSSR count). The Hall–Kier alpha value is -1.07. The maximum absolute atomic E-state index is 8.68. The lowest BCUT2D eigenvalue weighted by Gasteiger charge is -2.13. The predicted octanol–water partition coefficient (Wildman–Crippen LogP) is 2.59. The first-order chi connectivity index (χ1) is 9.29. The summed E-state index contributed by atoms with van der Waals surface area (Å²) in [6.07, 6.45) is 1.83.